The highest BCUT2D eigenvalue weighted by atomic mass is 16.5. The number of likely N-dealkylation sites (N-methyl/N-ethyl adjacent to an activating group) is 1. The first kappa shape index (κ1) is 20.8. The fourth-order valence-electron chi connectivity index (χ4n) is 3.30. The molecule has 1 N–H and O–H groups in total. The molecule has 0 saturated carbocycles. The van der Waals surface area contributed by atoms with Gasteiger partial charge in [-0.2, -0.15) is 0 Å². The largest absolute Gasteiger partial charge is 0.491 e. The zero-order valence-electron chi connectivity index (χ0n) is 17.6. The van der Waals surface area contributed by atoms with Gasteiger partial charge in [0.1, 0.15) is 24.0 Å². The van der Waals surface area contributed by atoms with Gasteiger partial charge in [0, 0.05) is 36.3 Å². The molecule has 3 aromatic heterocycles. The van der Waals surface area contributed by atoms with Crippen LogP contribution in [0.5, 0.6) is 5.75 Å². The molecule has 0 saturated heterocycles. The number of fused-ring (bicyclic) bond motifs is 1. The Labute approximate surface area is 171 Å². The molecule has 3 aromatic rings. The number of nitrogens with one attached hydrogen (secondary N) is 1. The van der Waals surface area contributed by atoms with Crippen molar-refractivity contribution in [3.63, 3.8) is 0 Å². The lowest BCUT2D eigenvalue weighted by molar-refractivity contribution is 0.222. The number of aromatic nitrogens is 3. The highest BCUT2D eigenvalue weighted by Gasteiger charge is 2.08. The van der Waals surface area contributed by atoms with Crippen LogP contribution in [0.2, 0.25) is 0 Å². The van der Waals surface area contributed by atoms with E-state index in [0.717, 1.165) is 41.9 Å². The monoisotopic (exact) mass is 395 g/mol. The van der Waals surface area contributed by atoms with E-state index in [1.165, 1.54) is 0 Å². The lowest BCUT2D eigenvalue weighted by Crippen LogP contribution is -2.27. The van der Waals surface area contributed by atoms with Gasteiger partial charge in [-0.25, -0.2) is 9.97 Å². The van der Waals surface area contributed by atoms with E-state index in [1.807, 2.05) is 38.1 Å². The molecule has 3 rings (SSSR count). The van der Waals surface area contributed by atoms with Gasteiger partial charge in [0.2, 0.25) is 0 Å². The maximum atomic E-state index is 12.4. The Morgan fingerprint density at radius 2 is 1.83 bits per heavy atom. The second-order valence-electron chi connectivity index (χ2n) is 6.88. The molecule has 0 atom stereocenters. The molecule has 0 aliphatic rings. The Morgan fingerprint density at radius 3 is 2.48 bits per heavy atom. The fourth-order valence-corrected chi connectivity index (χ4v) is 3.30. The Hall–Kier alpha value is -2.93. The molecule has 0 unspecified atom stereocenters. The molecule has 7 heteroatoms. The Morgan fingerprint density at radius 1 is 1.07 bits per heavy atom. The Bertz CT molecular complexity index is 1010. The fraction of sp³-hybridized carbons (Fsp3) is 0.409. The highest BCUT2D eigenvalue weighted by Crippen LogP contribution is 2.20. The van der Waals surface area contributed by atoms with Crippen LogP contribution < -0.4 is 15.6 Å². The number of ether oxygens (including phenoxy) is 1. The third-order valence-electron chi connectivity index (χ3n) is 5.04. The molecule has 0 bridgehead atoms. The summed E-state index contributed by atoms with van der Waals surface area (Å²) in [4.78, 5) is 23.6. The van der Waals surface area contributed by atoms with Gasteiger partial charge in [-0.1, -0.05) is 13.8 Å². The van der Waals surface area contributed by atoms with Gasteiger partial charge in [-0.05, 0) is 45.1 Å². The Balaban J connectivity index is 1.71. The van der Waals surface area contributed by atoms with Crippen molar-refractivity contribution in [2.45, 2.75) is 34.2 Å². The van der Waals surface area contributed by atoms with Crippen molar-refractivity contribution in [2.24, 2.45) is 0 Å². The molecule has 0 amide bonds. The molecule has 0 fully saturated rings. The van der Waals surface area contributed by atoms with E-state index in [4.69, 9.17) is 4.74 Å². The van der Waals surface area contributed by atoms with Crippen molar-refractivity contribution in [3.05, 3.63) is 52.6 Å². The molecule has 0 radical (unpaired) electrons. The molecule has 0 spiro atoms. The van der Waals surface area contributed by atoms with Crippen molar-refractivity contribution >= 4 is 22.5 Å². The number of hydrogen-bond donors (Lipinski definition) is 1. The predicted octanol–water partition coefficient (Wildman–Crippen LogP) is 3.58. The minimum atomic E-state index is 0.0292. The summed E-state index contributed by atoms with van der Waals surface area (Å²) in [5.74, 6) is 2.06. The minimum Gasteiger partial charge on any atom is -0.491 e. The average Bonchev–Trinajstić information content (AvgIpc) is 2.74. The first-order chi connectivity index (χ1) is 14.0. The molecular formula is C22H29N5O2. The van der Waals surface area contributed by atoms with Crippen LogP contribution in [0.3, 0.4) is 0 Å². The summed E-state index contributed by atoms with van der Waals surface area (Å²) in [5, 5.41) is 4.14. The lowest BCUT2D eigenvalue weighted by atomic mass is 10.2. The van der Waals surface area contributed by atoms with Crippen molar-refractivity contribution in [3.8, 4) is 5.75 Å². The van der Waals surface area contributed by atoms with E-state index in [1.54, 1.807) is 17.0 Å². The van der Waals surface area contributed by atoms with Gasteiger partial charge in [0.05, 0.1) is 11.7 Å². The second kappa shape index (κ2) is 9.52. The van der Waals surface area contributed by atoms with E-state index < -0.39 is 0 Å². The molecule has 154 valence electrons. The van der Waals surface area contributed by atoms with Gasteiger partial charge in [0.25, 0.3) is 5.56 Å². The Kier molecular flexibility index (Phi) is 6.82. The van der Waals surface area contributed by atoms with E-state index in [-0.39, 0.29) is 5.56 Å². The van der Waals surface area contributed by atoms with Crippen LogP contribution in [0.4, 0.5) is 11.6 Å². The third-order valence-corrected chi connectivity index (χ3v) is 5.04. The van der Waals surface area contributed by atoms with Crippen LogP contribution in [-0.4, -0.2) is 45.7 Å². The van der Waals surface area contributed by atoms with Gasteiger partial charge >= 0.3 is 0 Å². The lowest BCUT2D eigenvalue weighted by Gasteiger charge is -2.17. The summed E-state index contributed by atoms with van der Waals surface area (Å²) in [7, 11) is 0. The summed E-state index contributed by atoms with van der Waals surface area (Å²) in [6, 6.07) is 7.52. The molecule has 3 heterocycles. The molecular weight excluding hydrogens is 366 g/mol. The topological polar surface area (TPSA) is 72.3 Å². The maximum absolute atomic E-state index is 12.4. The summed E-state index contributed by atoms with van der Waals surface area (Å²) in [6.45, 7) is 12.3. The summed E-state index contributed by atoms with van der Waals surface area (Å²) in [6.07, 6.45) is 3.48. The van der Waals surface area contributed by atoms with E-state index in [0.29, 0.717) is 24.8 Å². The molecule has 29 heavy (non-hydrogen) atoms. The number of anilines is 2. The zero-order valence-corrected chi connectivity index (χ0v) is 17.6. The van der Waals surface area contributed by atoms with Crippen LogP contribution in [0, 0.1) is 6.92 Å². The smallest absolute Gasteiger partial charge is 0.253 e. The van der Waals surface area contributed by atoms with Crippen LogP contribution in [-0.2, 0) is 6.54 Å². The van der Waals surface area contributed by atoms with Gasteiger partial charge in [-0.15, -0.1) is 0 Å². The van der Waals surface area contributed by atoms with Crippen molar-refractivity contribution in [1.29, 1.82) is 0 Å². The number of aryl methyl sites for hydroxylation is 2. The summed E-state index contributed by atoms with van der Waals surface area (Å²) < 4.78 is 7.53. The molecule has 0 aliphatic heterocycles. The maximum Gasteiger partial charge on any atom is 0.253 e. The predicted molar refractivity (Wildman–Crippen MR) is 117 cm³/mol. The third kappa shape index (κ3) is 4.92. The highest BCUT2D eigenvalue weighted by molar-refractivity contribution is 5.81. The van der Waals surface area contributed by atoms with E-state index >= 15 is 0 Å². The van der Waals surface area contributed by atoms with Gasteiger partial charge < -0.3 is 19.5 Å². The number of pyridine rings is 3. The zero-order chi connectivity index (χ0) is 20.8. The van der Waals surface area contributed by atoms with Gasteiger partial charge in [0.15, 0.2) is 0 Å². The van der Waals surface area contributed by atoms with Crippen LogP contribution >= 0.6 is 0 Å². The molecule has 0 aliphatic carbocycles. The van der Waals surface area contributed by atoms with Crippen LogP contribution in [0.1, 0.15) is 26.3 Å². The quantitative estimate of drug-likeness (QED) is 0.597. The van der Waals surface area contributed by atoms with Crippen molar-refractivity contribution in [2.75, 3.05) is 31.6 Å². The average molecular weight is 396 g/mol. The first-order valence-electron chi connectivity index (χ1n) is 10.1. The summed E-state index contributed by atoms with van der Waals surface area (Å²) in [5.41, 5.74) is 1.61. The minimum absolute atomic E-state index is 0.0292. The second-order valence-corrected chi connectivity index (χ2v) is 6.88. The number of hydrogen-bond acceptors (Lipinski definition) is 6. The molecule has 7 nitrogen and oxygen atoms in total. The standard InChI is InChI=1S/C22H29N5O2/c1-5-26(6-2)10-11-29-18-8-9-20(24-15-18)25-21-13-19-17(14-23-21)12-16(4)22(28)27(19)7-3/h8-9,12-15H,5-7,10-11H2,1-4H3,(H,23,24,25). The van der Waals surface area contributed by atoms with Crippen LogP contribution in [0.15, 0.2) is 41.5 Å². The summed E-state index contributed by atoms with van der Waals surface area (Å²) >= 11 is 0. The first-order valence-corrected chi connectivity index (χ1v) is 10.1. The van der Waals surface area contributed by atoms with Crippen LogP contribution in [0.25, 0.3) is 10.9 Å². The van der Waals surface area contributed by atoms with Crippen molar-refractivity contribution in [1.82, 2.24) is 19.4 Å². The number of nitrogens with zero attached hydrogens (tertiary/aromatic N) is 4. The SMILES string of the molecule is CCN(CC)CCOc1ccc(Nc2cc3c(cn2)cc(C)c(=O)n3CC)nc1. The van der Waals surface area contributed by atoms with Gasteiger partial charge in [-0.3, -0.25) is 4.79 Å². The van der Waals surface area contributed by atoms with E-state index in [9.17, 15) is 4.79 Å². The normalized spacial score (nSPS) is 11.2. The van der Waals surface area contributed by atoms with Crippen molar-refractivity contribution < 1.29 is 4.74 Å². The molecule has 0 aromatic carbocycles. The van der Waals surface area contributed by atoms with E-state index in [2.05, 4.69) is 34.0 Å². The number of rotatable bonds is 9.